The molecule has 0 saturated heterocycles. The molecule has 0 aliphatic rings. The minimum atomic E-state index is -1.06. The van der Waals surface area contributed by atoms with Crippen LogP contribution >= 0.6 is 0 Å². The number of ether oxygens (including phenoxy) is 2. The van der Waals surface area contributed by atoms with Crippen molar-refractivity contribution in [3.8, 4) is 11.8 Å². The average Bonchev–Trinajstić information content (AvgIpc) is 2.69. The number of amides is 1. The molecule has 0 unspecified atom stereocenters. The summed E-state index contributed by atoms with van der Waals surface area (Å²) in [5.74, 6) is -0.651. The van der Waals surface area contributed by atoms with Crippen molar-refractivity contribution < 1.29 is 19.1 Å². The maximum atomic E-state index is 12.2. The van der Waals surface area contributed by atoms with E-state index < -0.39 is 18.0 Å². The summed E-state index contributed by atoms with van der Waals surface area (Å²) in [6, 6.07) is 16.0. The number of carbonyl (C=O) groups excluding carboxylic acids is 2. The number of benzene rings is 2. The van der Waals surface area contributed by atoms with Gasteiger partial charge in [-0.3, -0.25) is 4.79 Å². The van der Waals surface area contributed by atoms with Gasteiger partial charge in [-0.15, -0.1) is 0 Å². The molecule has 0 aliphatic heterocycles. The fourth-order valence-corrected chi connectivity index (χ4v) is 2.29. The van der Waals surface area contributed by atoms with Crippen LogP contribution in [0.5, 0.6) is 5.75 Å². The number of carbonyl (C=O) groups is 2. The molecule has 0 saturated carbocycles. The Bertz CT molecular complexity index is 894. The third-order valence-corrected chi connectivity index (χ3v) is 3.81. The second-order valence-electron chi connectivity index (χ2n) is 6.07. The largest absolute Gasteiger partial charge is 0.494 e. The van der Waals surface area contributed by atoms with Crippen molar-refractivity contribution in [2.75, 3.05) is 11.9 Å². The maximum absolute atomic E-state index is 12.2. The summed E-state index contributed by atoms with van der Waals surface area (Å²) in [7, 11) is 0. The summed E-state index contributed by atoms with van der Waals surface area (Å²) in [6.07, 6.45) is 0.368. The number of aryl methyl sites for hydroxylation is 1. The maximum Gasteiger partial charge on any atom is 0.349 e. The van der Waals surface area contributed by atoms with E-state index in [0.717, 1.165) is 5.56 Å². The first-order chi connectivity index (χ1) is 13.4. The van der Waals surface area contributed by atoms with E-state index in [0.29, 0.717) is 23.6 Å². The first-order valence-electron chi connectivity index (χ1n) is 8.86. The van der Waals surface area contributed by atoms with Crippen molar-refractivity contribution in [2.45, 2.75) is 26.9 Å². The molecule has 28 heavy (non-hydrogen) atoms. The third kappa shape index (κ3) is 5.99. The molecule has 6 nitrogen and oxygen atoms in total. The van der Waals surface area contributed by atoms with E-state index in [1.165, 1.54) is 13.0 Å². The van der Waals surface area contributed by atoms with Crippen LogP contribution in [0.3, 0.4) is 0 Å². The Labute approximate surface area is 164 Å². The normalized spacial score (nSPS) is 11.9. The van der Waals surface area contributed by atoms with Gasteiger partial charge in [0.1, 0.15) is 17.4 Å². The van der Waals surface area contributed by atoms with E-state index in [-0.39, 0.29) is 5.57 Å². The summed E-state index contributed by atoms with van der Waals surface area (Å²) < 4.78 is 10.5. The molecule has 1 N–H and O–H groups in total. The van der Waals surface area contributed by atoms with Gasteiger partial charge in [-0.05, 0) is 56.7 Å². The molecule has 2 rings (SSSR count). The zero-order valence-electron chi connectivity index (χ0n) is 16.1. The Morgan fingerprint density at radius 2 is 1.79 bits per heavy atom. The van der Waals surface area contributed by atoms with Crippen LogP contribution in [0.1, 0.15) is 25.0 Å². The van der Waals surface area contributed by atoms with Gasteiger partial charge >= 0.3 is 5.97 Å². The Morgan fingerprint density at radius 3 is 2.36 bits per heavy atom. The van der Waals surface area contributed by atoms with E-state index in [9.17, 15) is 14.9 Å². The number of anilines is 1. The molecule has 1 amide bonds. The van der Waals surface area contributed by atoms with E-state index in [1.807, 2.05) is 32.0 Å². The lowest BCUT2D eigenvalue weighted by Crippen LogP contribution is -2.30. The number of hydrogen-bond acceptors (Lipinski definition) is 5. The van der Waals surface area contributed by atoms with Gasteiger partial charge in [0.25, 0.3) is 5.91 Å². The lowest BCUT2D eigenvalue weighted by atomic mass is 10.1. The van der Waals surface area contributed by atoms with Gasteiger partial charge in [-0.1, -0.05) is 29.8 Å². The number of nitriles is 1. The molecule has 2 aromatic carbocycles. The Kier molecular flexibility index (Phi) is 7.35. The van der Waals surface area contributed by atoms with Gasteiger partial charge in [-0.25, -0.2) is 4.79 Å². The number of esters is 1. The topological polar surface area (TPSA) is 88.4 Å². The first kappa shape index (κ1) is 20.7. The third-order valence-electron chi connectivity index (χ3n) is 3.81. The Hall–Kier alpha value is -3.59. The number of rotatable bonds is 7. The average molecular weight is 378 g/mol. The Morgan fingerprint density at radius 1 is 1.14 bits per heavy atom. The monoisotopic (exact) mass is 378 g/mol. The first-order valence-corrected chi connectivity index (χ1v) is 8.86. The standard InChI is InChI=1S/C22H22N2O4/c1-4-27-20-11-9-19(10-12-20)24-21(25)16(3)28-22(26)18(14-23)13-17-7-5-15(2)6-8-17/h5-13,16H,4H2,1-3H3,(H,24,25)/b18-13+/t16-/m1/s1. The summed E-state index contributed by atoms with van der Waals surface area (Å²) in [6.45, 7) is 5.82. The molecule has 0 radical (unpaired) electrons. The van der Waals surface area contributed by atoms with Gasteiger partial charge in [-0.2, -0.15) is 5.26 Å². The summed E-state index contributed by atoms with van der Waals surface area (Å²) in [5.41, 5.74) is 2.14. The molecule has 0 fully saturated rings. The molecule has 0 bridgehead atoms. The van der Waals surface area contributed by atoms with Gasteiger partial charge in [0.05, 0.1) is 6.61 Å². The summed E-state index contributed by atoms with van der Waals surface area (Å²) >= 11 is 0. The minimum Gasteiger partial charge on any atom is -0.494 e. The molecule has 0 heterocycles. The number of nitrogens with one attached hydrogen (secondary N) is 1. The second-order valence-corrected chi connectivity index (χ2v) is 6.07. The fraction of sp³-hybridized carbons (Fsp3) is 0.227. The summed E-state index contributed by atoms with van der Waals surface area (Å²) in [5, 5.41) is 11.9. The fourth-order valence-electron chi connectivity index (χ4n) is 2.29. The highest BCUT2D eigenvalue weighted by Gasteiger charge is 2.20. The predicted molar refractivity (Wildman–Crippen MR) is 107 cm³/mol. The molecule has 1 atom stereocenters. The van der Waals surface area contributed by atoms with E-state index in [1.54, 1.807) is 36.4 Å². The summed E-state index contributed by atoms with van der Waals surface area (Å²) in [4.78, 5) is 24.5. The SMILES string of the molecule is CCOc1ccc(NC(=O)[C@@H](C)OC(=O)/C(C#N)=C/c2ccc(C)cc2)cc1. The van der Waals surface area contributed by atoms with Crippen LogP contribution in [0.2, 0.25) is 0 Å². The van der Waals surface area contributed by atoms with Crippen molar-refractivity contribution in [3.05, 3.63) is 65.2 Å². The smallest absolute Gasteiger partial charge is 0.349 e. The quantitative estimate of drug-likeness (QED) is 0.449. The molecular weight excluding hydrogens is 356 g/mol. The number of nitrogens with zero attached hydrogens (tertiary/aromatic N) is 1. The van der Waals surface area contributed by atoms with Crippen LogP contribution < -0.4 is 10.1 Å². The lowest BCUT2D eigenvalue weighted by molar-refractivity contribution is -0.148. The molecule has 0 spiro atoms. The van der Waals surface area contributed by atoms with Gasteiger partial charge < -0.3 is 14.8 Å². The van der Waals surface area contributed by atoms with Gasteiger partial charge in [0.2, 0.25) is 0 Å². The molecule has 2 aromatic rings. The van der Waals surface area contributed by atoms with Crippen LogP contribution in [-0.4, -0.2) is 24.6 Å². The zero-order chi connectivity index (χ0) is 20.5. The molecular formula is C22H22N2O4. The van der Waals surface area contributed by atoms with E-state index >= 15 is 0 Å². The van der Waals surface area contributed by atoms with Crippen LogP contribution in [0.25, 0.3) is 6.08 Å². The highest BCUT2D eigenvalue weighted by molar-refractivity contribution is 6.01. The minimum absolute atomic E-state index is 0.176. The molecule has 144 valence electrons. The second kappa shape index (κ2) is 9.93. The van der Waals surface area contributed by atoms with Crippen LogP contribution in [0, 0.1) is 18.3 Å². The van der Waals surface area contributed by atoms with E-state index in [4.69, 9.17) is 9.47 Å². The van der Waals surface area contributed by atoms with E-state index in [2.05, 4.69) is 5.32 Å². The van der Waals surface area contributed by atoms with Crippen molar-refractivity contribution >= 4 is 23.6 Å². The van der Waals surface area contributed by atoms with Crippen molar-refractivity contribution in [1.82, 2.24) is 0 Å². The van der Waals surface area contributed by atoms with Crippen LogP contribution in [-0.2, 0) is 14.3 Å². The zero-order valence-corrected chi connectivity index (χ0v) is 16.1. The van der Waals surface area contributed by atoms with Crippen LogP contribution in [0.15, 0.2) is 54.1 Å². The number of hydrogen-bond donors (Lipinski definition) is 1. The molecule has 6 heteroatoms. The van der Waals surface area contributed by atoms with Crippen molar-refractivity contribution in [3.63, 3.8) is 0 Å². The highest BCUT2D eigenvalue weighted by atomic mass is 16.5. The highest BCUT2D eigenvalue weighted by Crippen LogP contribution is 2.16. The van der Waals surface area contributed by atoms with Gasteiger partial charge in [0.15, 0.2) is 6.10 Å². The lowest BCUT2D eigenvalue weighted by Gasteiger charge is -2.13. The van der Waals surface area contributed by atoms with Crippen LogP contribution in [0.4, 0.5) is 5.69 Å². The predicted octanol–water partition coefficient (Wildman–Crippen LogP) is 3.87. The van der Waals surface area contributed by atoms with Crippen molar-refractivity contribution in [2.24, 2.45) is 0 Å². The molecule has 0 aliphatic carbocycles. The van der Waals surface area contributed by atoms with Crippen molar-refractivity contribution in [1.29, 1.82) is 5.26 Å². The van der Waals surface area contributed by atoms with Gasteiger partial charge in [0, 0.05) is 5.69 Å². The Balaban J connectivity index is 1.98. The molecule has 0 aromatic heterocycles.